The summed E-state index contributed by atoms with van der Waals surface area (Å²) in [5.41, 5.74) is -1.04. The standard InChI is InChI=1S/C13H14FNO3/c1-13(2,8-15)6-7-18-10-5-3-4-9(14)11(10)12(16)17/h3-5H,6-7H2,1-2H3,(H,16,17). The number of benzene rings is 1. The molecule has 4 nitrogen and oxygen atoms in total. The molecule has 0 unspecified atom stereocenters. The molecule has 0 saturated carbocycles. The summed E-state index contributed by atoms with van der Waals surface area (Å²) in [6.45, 7) is 3.66. The number of nitrogens with zero attached hydrogens (tertiary/aromatic N) is 1. The van der Waals surface area contributed by atoms with Gasteiger partial charge in [-0.3, -0.25) is 0 Å². The summed E-state index contributed by atoms with van der Waals surface area (Å²) in [4.78, 5) is 10.9. The summed E-state index contributed by atoms with van der Waals surface area (Å²) in [5, 5.41) is 17.7. The number of nitriles is 1. The molecule has 0 fully saturated rings. The maximum Gasteiger partial charge on any atom is 0.342 e. The molecule has 1 rings (SSSR count). The van der Waals surface area contributed by atoms with Crippen LogP contribution in [-0.4, -0.2) is 17.7 Å². The van der Waals surface area contributed by atoms with Gasteiger partial charge in [0.05, 0.1) is 18.1 Å². The highest BCUT2D eigenvalue weighted by Crippen LogP contribution is 2.24. The number of carboxylic acid groups (broad SMARTS) is 1. The minimum Gasteiger partial charge on any atom is -0.493 e. The van der Waals surface area contributed by atoms with Crippen LogP contribution in [0.5, 0.6) is 5.75 Å². The summed E-state index contributed by atoms with van der Waals surface area (Å²) in [7, 11) is 0. The lowest BCUT2D eigenvalue weighted by atomic mass is 9.92. The predicted molar refractivity (Wildman–Crippen MR) is 62.9 cm³/mol. The van der Waals surface area contributed by atoms with E-state index in [1.807, 2.05) is 0 Å². The number of rotatable bonds is 5. The van der Waals surface area contributed by atoms with Crippen molar-refractivity contribution in [3.05, 3.63) is 29.6 Å². The van der Waals surface area contributed by atoms with Crippen molar-refractivity contribution in [1.29, 1.82) is 5.26 Å². The first-order valence-corrected chi connectivity index (χ1v) is 5.43. The first-order valence-electron chi connectivity index (χ1n) is 5.43. The molecule has 0 saturated heterocycles. The number of halogens is 1. The molecule has 0 radical (unpaired) electrons. The maximum absolute atomic E-state index is 13.3. The topological polar surface area (TPSA) is 70.3 Å². The lowest BCUT2D eigenvalue weighted by molar-refractivity contribution is 0.0686. The Morgan fingerprint density at radius 3 is 2.78 bits per heavy atom. The highest BCUT2D eigenvalue weighted by Gasteiger charge is 2.19. The molecule has 0 amide bonds. The maximum atomic E-state index is 13.3. The first kappa shape index (κ1) is 14.0. The number of carboxylic acids is 1. The molecule has 0 aromatic heterocycles. The Kier molecular flexibility index (Phi) is 4.27. The Labute approximate surface area is 105 Å². The average molecular weight is 251 g/mol. The second-order valence-electron chi connectivity index (χ2n) is 4.51. The SMILES string of the molecule is CC(C)(C#N)CCOc1cccc(F)c1C(=O)O. The summed E-state index contributed by atoms with van der Waals surface area (Å²) in [5.74, 6) is -2.22. The Balaban J connectivity index is 2.78. The van der Waals surface area contributed by atoms with Gasteiger partial charge in [-0.05, 0) is 32.4 Å². The van der Waals surface area contributed by atoms with Gasteiger partial charge in [0, 0.05) is 0 Å². The van der Waals surface area contributed by atoms with Crippen LogP contribution >= 0.6 is 0 Å². The Morgan fingerprint density at radius 2 is 2.22 bits per heavy atom. The van der Waals surface area contributed by atoms with Crippen molar-refractivity contribution in [3.8, 4) is 11.8 Å². The lowest BCUT2D eigenvalue weighted by Crippen LogP contribution is -2.14. The molecular formula is C13H14FNO3. The molecule has 18 heavy (non-hydrogen) atoms. The second-order valence-corrected chi connectivity index (χ2v) is 4.51. The fourth-order valence-corrected chi connectivity index (χ4v) is 1.30. The molecule has 1 N–H and O–H groups in total. The number of hydrogen-bond acceptors (Lipinski definition) is 3. The van der Waals surface area contributed by atoms with E-state index in [-0.39, 0.29) is 12.4 Å². The molecule has 0 heterocycles. The van der Waals surface area contributed by atoms with Crippen molar-refractivity contribution >= 4 is 5.97 Å². The third-order valence-electron chi connectivity index (χ3n) is 2.48. The van der Waals surface area contributed by atoms with Gasteiger partial charge in [0.1, 0.15) is 17.1 Å². The van der Waals surface area contributed by atoms with E-state index in [1.54, 1.807) is 13.8 Å². The zero-order valence-corrected chi connectivity index (χ0v) is 10.2. The van der Waals surface area contributed by atoms with E-state index in [4.69, 9.17) is 15.1 Å². The van der Waals surface area contributed by atoms with Crippen LogP contribution in [0.3, 0.4) is 0 Å². The van der Waals surface area contributed by atoms with E-state index in [2.05, 4.69) is 6.07 Å². The molecule has 5 heteroatoms. The molecule has 0 aliphatic rings. The minimum atomic E-state index is -1.37. The number of carbonyl (C=O) groups is 1. The van der Waals surface area contributed by atoms with Crippen molar-refractivity contribution in [3.63, 3.8) is 0 Å². The third kappa shape index (κ3) is 3.45. The monoisotopic (exact) mass is 251 g/mol. The van der Waals surface area contributed by atoms with Crippen LogP contribution in [0.4, 0.5) is 4.39 Å². The quantitative estimate of drug-likeness (QED) is 0.873. The number of ether oxygens (including phenoxy) is 1. The van der Waals surface area contributed by atoms with Crippen LogP contribution < -0.4 is 4.74 Å². The zero-order valence-electron chi connectivity index (χ0n) is 10.2. The summed E-state index contributed by atoms with van der Waals surface area (Å²) in [6.07, 6.45) is 0.430. The smallest absolute Gasteiger partial charge is 0.342 e. The van der Waals surface area contributed by atoms with E-state index in [0.29, 0.717) is 6.42 Å². The number of hydrogen-bond donors (Lipinski definition) is 1. The predicted octanol–water partition coefficient (Wildman–Crippen LogP) is 2.84. The van der Waals surface area contributed by atoms with E-state index < -0.39 is 22.8 Å². The molecule has 0 bridgehead atoms. The Morgan fingerprint density at radius 1 is 1.56 bits per heavy atom. The normalized spacial score (nSPS) is 10.8. The van der Waals surface area contributed by atoms with E-state index >= 15 is 0 Å². The van der Waals surface area contributed by atoms with Crippen molar-refractivity contribution < 1.29 is 19.0 Å². The van der Waals surface area contributed by atoms with Crippen LogP contribution in [0.1, 0.15) is 30.6 Å². The van der Waals surface area contributed by atoms with Gasteiger partial charge in [0.15, 0.2) is 0 Å². The fraction of sp³-hybridized carbons (Fsp3) is 0.385. The van der Waals surface area contributed by atoms with E-state index in [9.17, 15) is 9.18 Å². The van der Waals surface area contributed by atoms with Crippen LogP contribution in [0.2, 0.25) is 0 Å². The van der Waals surface area contributed by atoms with Crippen molar-refractivity contribution in [2.45, 2.75) is 20.3 Å². The Hall–Kier alpha value is -2.09. The van der Waals surface area contributed by atoms with Gasteiger partial charge in [-0.1, -0.05) is 6.07 Å². The molecule has 0 spiro atoms. The summed E-state index contributed by atoms with van der Waals surface area (Å²) < 4.78 is 18.6. The van der Waals surface area contributed by atoms with Gasteiger partial charge in [-0.2, -0.15) is 5.26 Å². The average Bonchev–Trinajstić information content (AvgIpc) is 2.28. The van der Waals surface area contributed by atoms with Crippen molar-refractivity contribution in [1.82, 2.24) is 0 Å². The fourth-order valence-electron chi connectivity index (χ4n) is 1.30. The highest BCUT2D eigenvalue weighted by molar-refractivity contribution is 5.91. The van der Waals surface area contributed by atoms with Crippen LogP contribution in [0, 0.1) is 22.6 Å². The Bertz CT molecular complexity index is 491. The van der Waals surface area contributed by atoms with Crippen LogP contribution in [0.25, 0.3) is 0 Å². The molecular weight excluding hydrogens is 237 g/mol. The minimum absolute atomic E-state index is 0.0174. The van der Waals surface area contributed by atoms with Gasteiger partial charge >= 0.3 is 5.97 Å². The largest absolute Gasteiger partial charge is 0.493 e. The van der Waals surface area contributed by atoms with Gasteiger partial charge < -0.3 is 9.84 Å². The van der Waals surface area contributed by atoms with Gasteiger partial charge in [0.2, 0.25) is 0 Å². The van der Waals surface area contributed by atoms with E-state index in [1.165, 1.54) is 12.1 Å². The molecule has 96 valence electrons. The molecule has 0 aliphatic carbocycles. The van der Waals surface area contributed by atoms with Gasteiger partial charge in [-0.15, -0.1) is 0 Å². The van der Waals surface area contributed by atoms with Crippen molar-refractivity contribution in [2.75, 3.05) is 6.61 Å². The summed E-state index contributed by atoms with van der Waals surface area (Å²) in [6, 6.07) is 5.95. The third-order valence-corrected chi connectivity index (χ3v) is 2.48. The second kappa shape index (κ2) is 5.50. The zero-order chi connectivity index (χ0) is 13.8. The molecule has 0 aliphatic heterocycles. The van der Waals surface area contributed by atoms with Gasteiger partial charge in [0.25, 0.3) is 0 Å². The van der Waals surface area contributed by atoms with Crippen LogP contribution in [-0.2, 0) is 0 Å². The molecule has 0 atom stereocenters. The summed E-state index contributed by atoms with van der Waals surface area (Å²) >= 11 is 0. The van der Waals surface area contributed by atoms with Gasteiger partial charge in [-0.25, -0.2) is 9.18 Å². The molecule has 1 aromatic rings. The first-order chi connectivity index (χ1) is 8.37. The lowest BCUT2D eigenvalue weighted by Gasteiger charge is -2.16. The van der Waals surface area contributed by atoms with E-state index in [0.717, 1.165) is 6.07 Å². The van der Waals surface area contributed by atoms with Crippen molar-refractivity contribution in [2.24, 2.45) is 5.41 Å². The number of aromatic carboxylic acids is 1. The molecule has 1 aromatic carbocycles. The van der Waals surface area contributed by atoms with Crippen LogP contribution in [0.15, 0.2) is 18.2 Å². The highest BCUT2D eigenvalue weighted by atomic mass is 19.1.